The van der Waals surface area contributed by atoms with Gasteiger partial charge in [-0.2, -0.15) is 0 Å². The fourth-order valence-corrected chi connectivity index (χ4v) is 4.79. The van der Waals surface area contributed by atoms with Gasteiger partial charge in [0, 0.05) is 24.5 Å². The third-order valence-corrected chi connectivity index (χ3v) is 7.25. The number of nitrogens with zero attached hydrogens (tertiary/aromatic N) is 2. The Balaban J connectivity index is 1.30. The molecule has 0 atom stereocenters. The van der Waals surface area contributed by atoms with Crippen LogP contribution in [0.15, 0.2) is 54.6 Å². The smallest absolute Gasteiger partial charge is 0.224 e. The molecule has 7 nitrogen and oxygen atoms in total. The first-order chi connectivity index (χ1) is 18.9. The first kappa shape index (κ1) is 28.3. The van der Waals surface area contributed by atoms with Crippen LogP contribution in [-0.4, -0.2) is 42.8 Å². The number of methoxy groups -OCH3 is 2. The minimum absolute atomic E-state index is 0.0273. The fourth-order valence-electron chi connectivity index (χ4n) is 4.68. The van der Waals surface area contributed by atoms with Gasteiger partial charge in [0.25, 0.3) is 0 Å². The maximum atomic E-state index is 12.5. The van der Waals surface area contributed by atoms with Crippen LogP contribution in [0, 0.1) is 13.8 Å². The van der Waals surface area contributed by atoms with E-state index < -0.39 is 0 Å². The van der Waals surface area contributed by atoms with Crippen molar-refractivity contribution in [3.8, 4) is 17.2 Å². The van der Waals surface area contributed by atoms with Crippen LogP contribution >= 0.6 is 11.6 Å². The number of halogens is 1. The maximum absolute atomic E-state index is 12.5. The second kappa shape index (κ2) is 13.4. The minimum atomic E-state index is -0.0273. The molecular weight excluding hydrogens is 514 g/mol. The van der Waals surface area contributed by atoms with Crippen molar-refractivity contribution < 1.29 is 19.0 Å². The van der Waals surface area contributed by atoms with E-state index >= 15 is 0 Å². The van der Waals surface area contributed by atoms with E-state index in [1.54, 1.807) is 14.2 Å². The lowest BCUT2D eigenvalue weighted by molar-refractivity contribution is -0.120. The highest BCUT2D eigenvalue weighted by Crippen LogP contribution is 2.28. The number of carbonyl (C=O) groups is 1. The molecule has 3 aromatic carbocycles. The molecule has 4 aromatic rings. The number of ether oxygens (including phenoxy) is 3. The van der Waals surface area contributed by atoms with E-state index in [1.807, 2.05) is 62.4 Å². The maximum Gasteiger partial charge on any atom is 0.224 e. The van der Waals surface area contributed by atoms with Gasteiger partial charge in [-0.3, -0.25) is 4.79 Å². The molecule has 0 unspecified atom stereocenters. The fraction of sp³-hybridized carbons (Fsp3) is 0.355. The molecule has 206 valence electrons. The largest absolute Gasteiger partial charge is 0.494 e. The lowest BCUT2D eigenvalue weighted by Gasteiger charge is -2.12. The quantitative estimate of drug-likeness (QED) is 0.204. The van der Waals surface area contributed by atoms with Gasteiger partial charge >= 0.3 is 0 Å². The average molecular weight is 550 g/mol. The van der Waals surface area contributed by atoms with Gasteiger partial charge in [-0.05, 0) is 79.8 Å². The SMILES string of the molecule is COc1ccc(CC(=O)NCCCc2nc3ccccc3n2CCCOc2cc(C)c(Cl)c(C)c2)cc1OC. The predicted octanol–water partition coefficient (Wildman–Crippen LogP) is 6.08. The summed E-state index contributed by atoms with van der Waals surface area (Å²) >= 11 is 6.28. The monoisotopic (exact) mass is 549 g/mol. The van der Waals surface area contributed by atoms with Crippen molar-refractivity contribution in [3.05, 3.63) is 82.1 Å². The number of rotatable bonds is 13. The third-order valence-electron chi connectivity index (χ3n) is 6.65. The summed E-state index contributed by atoms with van der Waals surface area (Å²) in [4.78, 5) is 17.4. The molecule has 0 saturated carbocycles. The van der Waals surface area contributed by atoms with Crippen molar-refractivity contribution in [1.82, 2.24) is 14.9 Å². The summed E-state index contributed by atoms with van der Waals surface area (Å²) in [5, 5.41) is 3.81. The molecule has 0 fully saturated rings. The number of aryl methyl sites for hydroxylation is 4. The second-order valence-corrected chi connectivity index (χ2v) is 9.94. The molecule has 8 heteroatoms. The molecule has 0 spiro atoms. The number of hydrogen-bond acceptors (Lipinski definition) is 5. The summed E-state index contributed by atoms with van der Waals surface area (Å²) in [6.07, 6.45) is 2.68. The molecule has 0 bridgehead atoms. The minimum Gasteiger partial charge on any atom is -0.494 e. The number of para-hydroxylation sites is 2. The number of carbonyl (C=O) groups excluding carboxylic acids is 1. The van der Waals surface area contributed by atoms with Crippen LogP contribution in [-0.2, 0) is 24.2 Å². The lowest BCUT2D eigenvalue weighted by Crippen LogP contribution is -2.26. The topological polar surface area (TPSA) is 74.6 Å². The van der Waals surface area contributed by atoms with Crippen LogP contribution in [0.4, 0.5) is 0 Å². The number of amides is 1. The van der Waals surface area contributed by atoms with Gasteiger partial charge in [-0.1, -0.05) is 29.8 Å². The van der Waals surface area contributed by atoms with E-state index in [1.165, 1.54) is 0 Å². The first-order valence-corrected chi connectivity index (χ1v) is 13.6. The van der Waals surface area contributed by atoms with E-state index in [-0.39, 0.29) is 12.3 Å². The van der Waals surface area contributed by atoms with Crippen LogP contribution in [0.25, 0.3) is 11.0 Å². The summed E-state index contributed by atoms with van der Waals surface area (Å²) in [6, 6.07) is 17.7. The first-order valence-electron chi connectivity index (χ1n) is 13.2. The van der Waals surface area contributed by atoms with Gasteiger partial charge in [0.05, 0.1) is 38.3 Å². The number of benzene rings is 3. The highest BCUT2D eigenvalue weighted by atomic mass is 35.5. The molecular formula is C31H36ClN3O4. The molecule has 1 N–H and O–H groups in total. The Labute approximate surface area is 235 Å². The molecule has 0 saturated heterocycles. The predicted molar refractivity (Wildman–Crippen MR) is 155 cm³/mol. The van der Waals surface area contributed by atoms with Crippen molar-refractivity contribution in [1.29, 1.82) is 0 Å². The van der Waals surface area contributed by atoms with Crippen LogP contribution in [0.5, 0.6) is 17.2 Å². The van der Waals surface area contributed by atoms with Crippen molar-refractivity contribution in [2.75, 3.05) is 27.4 Å². The van der Waals surface area contributed by atoms with Crippen molar-refractivity contribution in [3.63, 3.8) is 0 Å². The van der Waals surface area contributed by atoms with Gasteiger partial charge < -0.3 is 24.1 Å². The van der Waals surface area contributed by atoms with Crippen LogP contribution in [0.2, 0.25) is 5.02 Å². The number of nitrogens with one attached hydrogen (secondary N) is 1. The zero-order chi connectivity index (χ0) is 27.8. The number of aromatic nitrogens is 2. The molecule has 0 radical (unpaired) electrons. The van der Waals surface area contributed by atoms with Gasteiger partial charge in [-0.15, -0.1) is 0 Å². The number of fused-ring (bicyclic) bond motifs is 1. The van der Waals surface area contributed by atoms with E-state index in [0.717, 1.165) is 70.1 Å². The molecule has 1 aromatic heterocycles. The zero-order valence-corrected chi connectivity index (χ0v) is 23.8. The van der Waals surface area contributed by atoms with Gasteiger partial charge in [-0.25, -0.2) is 4.98 Å². The zero-order valence-electron chi connectivity index (χ0n) is 23.1. The Morgan fingerprint density at radius 3 is 2.46 bits per heavy atom. The van der Waals surface area contributed by atoms with Crippen molar-refractivity contribution >= 4 is 28.5 Å². The lowest BCUT2D eigenvalue weighted by atomic mass is 10.1. The highest BCUT2D eigenvalue weighted by molar-refractivity contribution is 6.32. The summed E-state index contributed by atoms with van der Waals surface area (Å²) in [7, 11) is 3.18. The van der Waals surface area contributed by atoms with E-state index in [0.29, 0.717) is 24.7 Å². The van der Waals surface area contributed by atoms with Gasteiger partial charge in [0.1, 0.15) is 11.6 Å². The molecule has 0 aliphatic heterocycles. The van der Waals surface area contributed by atoms with E-state index in [4.69, 9.17) is 30.8 Å². The van der Waals surface area contributed by atoms with Crippen LogP contribution in [0.3, 0.4) is 0 Å². The molecule has 0 aliphatic rings. The Hall–Kier alpha value is -3.71. The standard InChI is InChI=1S/C31H36ClN3O4/c1-21-17-24(18-22(2)31(21)32)39-16-8-15-35-26-10-6-5-9-25(26)34-29(35)11-7-14-33-30(36)20-23-12-13-27(37-3)28(19-23)38-4/h5-6,9-10,12-13,17-19H,7-8,11,14-16,20H2,1-4H3,(H,33,36). The molecule has 1 amide bonds. The molecule has 4 rings (SSSR count). The third kappa shape index (κ3) is 7.24. The normalized spacial score (nSPS) is 11.0. The van der Waals surface area contributed by atoms with Gasteiger partial charge in [0.15, 0.2) is 11.5 Å². The number of imidazole rings is 1. The summed E-state index contributed by atoms with van der Waals surface area (Å²) in [5.74, 6) is 3.09. The van der Waals surface area contributed by atoms with Crippen LogP contribution < -0.4 is 19.5 Å². The highest BCUT2D eigenvalue weighted by Gasteiger charge is 2.12. The Kier molecular flexibility index (Phi) is 9.71. The Morgan fingerprint density at radius 2 is 1.72 bits per heavy atom. The molecule has 1 heterocycles. The molecule has 0 aliphatic carbocycles. The average Bonchev–Trinajstić information content (AvgIpc) is 3.29. The summed E-state index contributed by atoms with van der Waals surface area (Å²) in [6.45, 7) is 5.95. The number of hydrogen-bond donors (Lipinski definition) is 1. The summed E-state index contributed by atoms with van der Waals surface area (Å²) in [5.41, 5.74) is 5.01. The van der Waals surface area contributed by atoms with E-state index in [2.05, 4.69) is 16.0 Å². The van der Waals surface area contributed by atoms with E-state index in [9.17, 15) is 4.79 Å². The Bertz CT molecular complexity index is 1410. The van der Waals surface area contributed by atoms with Crippen molar-refractivity contribution in [2.45, 2.75) is 46.1 Å². The summed E-state index contributed by atoms with van der Waals surface area (Å²) < 4.78 is 18.9. The van der Waals surface area contributed by atoms with Crippen molar-refractivity contribution in [2.24, 2.45) is 0 Å². The van der Waals surface area contributed by atoms with Crippen LogP contribution in [0.1, 0.15) is 35.4 Å². The second-order valence-electron chi connectivity index (χ2n) is 9.56. The van der Waals surface area contributed by atoms with Gasteiger partial charge in [0.2, 0.25) is 5.91 Å². The molecule has 39 heavy (non-hydrogen) atoms. The Morgan fingerprint density at radius 1 is 0.974 bits per heavy atom.